The summed E-state index contributed by atoms with van der Waals surface area (Å²) in [4.78, 5) is 7.88. The molecule has 0 aliphatic rings. The molecule has 96 valence electrons. The fraction of sp³-hybridized carbons (Fsp3) is 0.182. The van der Waals surface area contributed by atoms with E-state index in [9.17, 15) is 4.39 Å². The molecule has 5 nitrogen and oxygen atoms in total. The van der Waals surface area contributed by atoms with E-state index >= 15 is 0 Å². The Balaban J connectivity index is 3.02. The first-order valence-electron chi connectivity index (χ1n) is 5.02. The van der Waals surface area contributed by atoms with Crippen molar-refractivity contribution in [1.29, 1.82) is 5.41 Å². The van der Waals surface area contributed by atoms with Crippen LogP contribution in [0, 0.1) is 11.2 Å². The summed E-state index contributed by atoms with van der Waals surface area (Å²) in [6, 6.07) is 4.23. The van der Waals surface area contributed by atoms with Gasteiger partial charge < -0.3 is 11.1 Å². The first-order chi connectivity index (χ1) is 8.49. The highest BCUT2D eigenvalue weighted by Gasteiger charge is 2.09. The van der Waals surface area contributed by atoms with Gasteiger partial charge in [0.05, 0.1) is 10.2 Å². The van der Waals surface area contributed by atoms with Gasteiger partial charge in [-0.3, -0.25) is 10.4 Å². The van der Waals surface area contributed by atoms with Gasteiger partial charge in [0.15, 0.2) is 5.84 Å². The molecule has 0 aromatic heterocycles. The quantitative estimate of drug-likeness (QED) is 0.587. The first kappa shape index (κ1) is 14.3. The van der Waals surface area contributed by atoms with Gasteiger partial charge in [-0.05, 0) is 34.1 Å². The molecule has 7 heteroatoms. The number of halogens is 2. The predicted octanol–water partition coefficient (Wildman–Crippen LogP) is 1.84. The van der Waals surface area contributed by atoms with Crippen LogP contribution in [0.4, 0.5) is 10.1 Å². The molecule has 1 aromatic carbocycles. The second-order valence-electron chi connectivity index (χ2n) is 3.29. The van der Waals surface area contributed by atoms with Crippen LogP contribution >= 0.6 is 15.9 Å². The van der Waals surface area contributed by atoms with Crippen LogP contribution in [0.2, 0.25) is 0 Å². The first-order valence-corrected chi connectivity index (χ1v) is 5.82. The zero-order valence-corrected chi connectivity index (χ0v) is 11.5. The number of nitrogens with zero attached hydrogens (tertiary/aromatic N) is 2. The van der Waals surface area contributed by atoms with Gasteiger partial charge in [-0.1, -0.05) is 0 Å². The molecule has 0 saturated carbocycles. The van der Waals surface area contributed by atoms with Crippen molar-refractivity contribution in [2.45, 2.75) is 0 Å². The molecule has 4 N–H and O–H groups in total. The van der Waals surface area contributed by atoms with Crippen molar-refractivity contribution in [1.82, 2.24) is 5.32 Å². The van der Waals surface area contributed by atoms with Crippen LogP contribution < -0.4 is 11.1 Å². The normalized spacial score (nSPS) is 12.4. The van der Waals surface area contributed by atoms with Crippen LogP contribution in [-0.2, 0) is 0 Å². The molecule has 0 spiro atoms. The van der Waals surface area contributed by atoms with Crippen molar-refractivity contribution >= 4 is 39.0 Å². The lowest BCUT2D eigenvalue weighted by atomic mass is 10.3. The Hall–Kier alpha value is -1.76. The molecular formula is C11H13BrFN5. The molecule has 0 heterocycles. The Bertz CT molecular complexity index is 524. The Kier molecular flexibility index (Phi) is 4.96. The topological polar surface area (TPSA) is 86.6 Å². The van der Waals surface area contributed by atoms with Crippen molar-refractivity contribution in [2.75, 3.05) is 14.1 Å². The molecule has 1 rings (SSSR count). The highest BCUT2D eigenvalue weighted by Crippen LogP contribution is 2.21. The van der Waals surface area contributed by atoms with Crippen molar-refractivity contribution < 1.29 is 4.39 Å². The largest absolute Gasteiger partial charge is 0.382 e. The fourth-order valence-electron chi connectivity index (χ4n) is 1.22. The van der Waals surface area contributed by atoms with Gasteiger partial charge >= 0.3 is 0 Å². The lowest BCUT2D eigenvalue weighted by molar-refractivity contribution is 0.621. The highest BCUT2D eigenvalue weighted by molar-refractivity contribution is 9.10. The van der Waals surface area contributed by atoms with Gasteiger partial charge in [0.2, 0.25) is 0 Å². The molecule has 0 radical (unpaired) electrons. The minimum absolute atomic E-state index is 0.00320. The van der Waals surface area contributed by atoms with Crippen molar-refractivity contribution in [3.05, 3.63) is 28.5 Å². The van der Waals surface area contributed by atoms with E-state index in [1.807, 2.05) is 0 Å². The number of benzene rings is 1. The van der Waals surface area contributed by atoms with Gasteiger partial charge in [-0.15, -0.1) is 0 Å². The van der Waals surface area contributed by atoms with Crippen LogP contribution in [0.15, 0.2) is 32.7 Å². The molecule has 1 aromatic rings. The average Bonchev–Trinajstić information content (AvgIpc) is 2.35. The summed E-state index contributed by atoms with van der Waals surface area (Å²) in [5, 5.41) is 10.5. The summed E-state index contributed by atoms with van der Waals surface area (Å²) >= 11 is 3.05. The summed E-state index contributed by atoms with van der Waals surface area (Å²) in [7, 11) is 3.18. The molecular weight excluding hydrogens is 301 g/mol. The number of nitrogens with two attached hydrogens (primary N) is 1. The van der Waals surface area contributed by atoms with Gasteiger partial charge in [0, 0.05) is 14.1 Å². The molecule has 0 aliphatic carbocycles. The van der Waals surface area contributed by atoms with Crippen LogP contribution in [0.1, 0.15) is 0 Å². The summed E-state index contributed by atoms with van der Waals surface area (Å²) in [5.74, 6) is -0.0467. The van der Waals surface area contributed by atoms with Crippen LogP contribution in [0.3, 0.4) is 0 Å². The van der Waals surface area contributed by atoms with E-state index in [1.54, 1.807) is 14.1 Å². The fourth-order valence-corrected chi connectivity index (χ4v) is 1.59. The summed E-state index contributed by atoms with van der Waals surface area (Å²) < 4.78 is 13.3. The molecule has 0 fully saturated rings. The molecule has 0 atom stereocenters. The Morgan fingerprint density at radius 3 is 2.67 bits per heavy atom. The third kappa shape index (κ3) is 3.36. The lowest BCUT2D eigenvalue weighted by Gasteiger charge is -2.06. The zero-order valence-electron chi connectivity index (χ0n) is 9.96. The minimum Gasteiger partial charge on any atom is -0.382 e. The Morgan fingerprint density at radius 1 is 1.50 bits per heavy atom. The number of rotatable bonds is 3. The van der Waals surface area contributed by atoms with E-state index in [-0.39, 0.29) is 17.4 Å². The van der Waals surface area contributed by atoms with E-state index in [0.717, 1.165) is 0 Å². The maximum atomic E-state index is 13.0. The maximum Gasteiger partial charge on any atom is 0.153 e. The summed E-state index contributed by atoms with van der Waals surface area (Å²) in [6.07, 6.45) is 0. The smallest absolute Gasteiger partial charge is 0.153 e. The SMILES string of the molecule is CN=C(NC)C(=N)C(N)=Nc1ccc(F)c(Br)c1. The molecule has 0 amide bonds. The maximum absolute atomic E-state index is 13.0. The van der Waals surface area contributed by atoms with Crippen molar-refractivity contribution in [2.24, 2.45) is 15.7 Å². The van der Waals surface area contributed by atoms with Gasteiger partial charge in [-0.2, -0.15) is 0 Å². The second-order valence-corrected chi connectivity index (χ2v) is 4.15. The van der Waals surface area contributed by atoms with Crippen LogP contribution in [0.5, 0.6) is 0 Å². The van der Waals surface area contributed by atoms with E-state index in [1.165, 1.54) is 18.2 Å². The minimum atomic E-state index is -0.381. The summed E-state index contributed by atoms with van der Waals surface area (Å²) in [6.45, 7) is 0. The number of hydrogen-bond acceptors (Lipinski definition) is 3. The molecule has 18 heavy (non-hydrogen) atoms. The molecule has 0 saturated heterocycles. The Labute approximate surface area is 113 Å². The van der Waals surface area contributed by atoms with Crippen LogP contribution in [-0.4, -0.2) is 31.5 Å². The second kappa shape index (κ2) is 6.25. The monoisotopic (exact) mass is 313 g/mol. The number of amidine groups is 2. The standard InChI is InChI=1S/C11H13BrFN5/c1-16-11(17-2)9(14)10(15)18-6-3-4-8(13)7(12)5-6/h3-5,14H,1-2H3,(H2,15,18)(H,16,17). The zero-order chi connectivity index (χ0) is 13.7. The van der Waals surface area contributed by atoms with E-state index in [0.29, 0.717) is 16.0 Å². The van der Waals surface area contributed by atoms with E-state index in [4.69, 9.17) is 11.1 Å². The van der Waals surface area contributed by atoms with Crippen LogP contribution in [0.25, 0.3) is 0 Å². The third-order valence-corrected chi connectivity index (χ3v) is 2.71. The molecule has 0 aliphatic heterocycles. The summed E-state index contributed by atoms with van der Waals surface area (Å²) in [5.41, 5.74) is 6.13. The highest BCUT2D eigenvalue weighted by atomic mass is 79.9. The number of hydrogen-bond donors (Lipinski definition) is 3. The van der Waals surface area contributed by atoms with Gasteiger partial charge in [-0.25, -0.2) is 9.38 Å². The van der Waals surface area contributed by atoms with E-state index < -0.39 is 0 Å². The van der Waals surface area contributed by atoms with Crippen molar-refractivity contribution in [3.8, 4) is 0 Å². The lowest BCUT2D eigenvalue weighted by Crippen LogP contribution is -2.37. The number of nitrogens with one attached hydrogen (secondary N) is 2. The van der Waals surface area contributed by atoms with E-state index in [2.05, 4.69) is 31.2 Å². The van der Waals surface area contributed by atoms with Gasteiger partial charge in [0.25, 0.3) is 0 Å². The van der Waals surface area contributed by atoms with Crippen molar-refractivity contribution in [3.63, 3.8) is 0 Å². The number of aliphatic imine (C=N–C) groups is 2. The molecule has 0 unspecified atom stereocenters. The molecule has 0 bridgehead atoms. The third-order valence-electron chi connectivity index (χ3n) is 2.11. The Morgan fingerprint density at radius 2 is 2.17 bits per heavy atom. The van der Waals surface area contributed by atoms with Gasteiger partial charge in [0.1, 0.15) is 17.4 Å². The average molecular weight is 314 g/mol. The predicted molar refractivity (Wildman–Crippen MR) is 75.5 cm³/mol.